The molecule has 0 amide bonds. The standard InChI is InChI=1S/C17H12FNO/c18-16-10-9-15(13-3-1-2-4-14(13)16)17(20)11-5-7-12(19)8-6-11/h1-10H,19H2. The average Bonchev–Trinajstić information content (AvgIpc) is 2.48. The first kappa shape index (κ1) is 12.4. The number of fused-ring (bicyclic) bond motifs is 1. The van der Waals surface area contributed by atoms with Crippen LogP contribution in [-0.4, -0.2) is 5.78 Å². The maximum atomic E-state index is 13.8. The van der Waals surface area contributed by atoms with Crippen LogP contribution in [0.3, 0.4) is 0 Å². The zero-order valence-corrected chi connectivity index (χ0v) is 10.6. The lowest BCUT2D eigenvalue weighted by Crippen LogP contribution is -2.03. The Balaban J connectivity index is 2.17. The van der Waals surface area contributed by atoms with Gasteiger partial charge in [0.1, 0.15) is 5.82 Å². The van der Waals surface area contributed by atoms with E-state index in [9.17, 15) is 9.18 Å². The predicted molar refractivity (Wildman–Crippen MR) is 78.2 cm³/mol. The van der Waals surface area contributed by atoms with E-state index in [0.717, 1.165) is 0 Å². The molecule has 0 aliphatic carbocycles. The molecular formula is C17H12FNO. The van der Waals surface area contributed by atoms with Crippen LogP contribution in [0.25, 0.3) is 10.8 Å². The number of hydrogen-bond donors (Lipinski definition) is 1. The molecule has 0 saturated carbocycles. The van der Waals surface area contributed by atoms with Crippen molar-refractivity contribution in [3.05, 3.63) is 77.6 Å². The van der Waals surface area contributed by atoms with Gasteiger partial charge in [0, 0.05) is 22.2 Å². The van der Waals surface area contributed by atoms with Gasteiger partial charge in [-0.05, 0) is 41.8 Å². The first-order chi connectivity index (χ1) is 9.66. The predicted octanol–water partition coefficient (Wildman–Crippen LogP) is 3.79. The second-order valence-electron chi connectivity index (χ2n) is 4.59. The molecule has 3 heteroatoms. The quantitative estimate of drug-likeness (QED) is 0.566. The van der Waals surface area contributed by atoms with Crippen LogP contribution in [0, 0.1) is 5.82 Å². The van der Waals surface area contributed by atoms with Crippen molar-refractivity contribution >= 4 is 22.2 Å². The number of anilines is 1. The smallest absolute Gasteiger partial charge is 0.193 e. The molecule has 2 N–H and O–H groups in total. The molecule has 0 heterocycles. The number of rotatable bonds is 2. The summed E-state index contributed by atoms with van der Waals surface area (Å²) in [5.74, 6) is -0.462. The van der Waals surface area contributed by atoms with Crippen molar-refractivity contribution in [2.75, 3.05) is 5.73 Å². The van der Waals surface area contributed by atoms with E-state index >= 15 is 0 Å². The molecule has 3 rings (SSSR count). The summed E-state index contributed by atoms with van der Waals surface area (Å²) in [6.07, 6.45) is 0. The summed E-state index contributed by atoms with van der Waals surface area (Å²) in [5.41, 5.74) is 7.25. The highest BCUT2D eigenvalue weighted by molar-refractivity contribution is 6.16. The van der Waals surface area contributed by atoms with Gasteiger partial charge in [-0.1, -0.05) is 24.3 Å². The number of halogens is 1. The summed E-state index contributed by atoms with van der Waals surface area (Å²) in [7, 11) is 0. The van der Waals surface area contributed by atoms with Crippen molar-refractivity contribution in [2.45, 2.75) is 0 Å². The lowest BCUT2D eigenvalue weighted by atomic mass is 9.97. The molecule has 0 aromatic heterocycles. The number of ketones is 1. The monoisotopic (exact) mass is 265 g/mol. The minimum absolute atomic E-state index is 0.138. The molecule has 98 valence electrons. The third-order valence-electron chi connectivity index (χ3n) is 3.29. The van der Waals surface area contributed by atoms with Gasteiger partial charge in [-0.3, -0.25) is 4.79 Å². The zero-order valence-electron chi connectivity index (χ0n) is 10.6. The SMILES string of the molecule is Nc1ccc(C(=O)c2ccc(F)c3ccccc23)cc1. The number of nitrogens with two attached hydrogens (primary N) is 1. The average molecular weight is 265 g/mol. The third kappa shape index (κ3) is 2.03. The van der Waals surface area contributed by atoms with E-state index in [2.05, 4.69) is 0 Å². The molecule has 0 fully saturated rings. The first-order valence-electron chi connectivity index (χ1n) is 6.24. The Hall–Kier alpha value is -2.68. The van der Waals surface area contributed by atoms with Crippen molar-refractivity contribution < 1.29 is 9.18 Å². The van der Waals surface area contributed by atoms with Crippen LogP contribution in [0.2, 0.25) is 0 Å². The van der Waals surface area contributed by atoms with Gasteiger partial charge in [0.25, 0.3) is 0 Å². The molecule has 0 spiro atoms. The molecule has 0 bridgehead atoms. The largest absolute Gasteiger partial charge is 0.399 e. The van der Waals surface area contributed by atoms with Gasteiger partial charge in [-0.15, -0.1) is 0 Å². The van der Waals surface area contributed by atoms with Crippen LogP contribution < -0.4 is 5.73 Å². The molecule has 3 aromatic rings. The summed E-state index contributed by atoms with van der Waals surface area (Å²) in [6.45, 7) is 0. The molecule has 0 radical (unpaired) electrons. The van der Waals surface area contributed by atoms with Crippen molar-refractivity contribution in [3.63, 3.8) is 0 Å². The zero-order chi connectivity index (χ0) is 14.1. The maximum Gasteiger partial charge on any atom is 0.193 e. The summed E-state index contributed by atoms with van der Waals surface area (Å²) >= 11 is 0. The fourth-order valence-corrected chi connectivity index (χ4v) is 2.25. The summed E-state index contributed by atoms with van der Waals surface area (Å²) < 4.78 is 13.8. The minimum Gasteiger partial charge on any atom is -0.399 e. The minimum atomic E-state index is -0.325. The number of benzene rings is 3. The Morgan fingerprint density at radius 3 is 2.20 bits per heavy atom. The van der Waals surface area contributed by atoms with Crippen LogP contribution >= 0.6 is 0 Å². The molecule has 0 saturated heterocycles. The molecule has 0 aliphatic rings. The second-order valence-corrected chi connectivity index (χ2v) is 4.59. The van der Waals surface area contributed by atoms with Gasteiger partial charge in [-0.2, -0.15) is 0 Å². The van der Waals surface area contributed by atoms with E-state index in [1.54, 1.807) is 48.5 Å². The topological polar surface area (TPSA) is 43.1 Å². The first-order valence-corrected chi connectivity index (χ1v) is 6.24. The van der Waals surface area contributed by atoms with Gasteiger partial charge in [-0.25, -0.2) is 4.39 Å². The van der Waals surface area contributed by atoms with E-state index in [4.69, 9.17) is 5.73 Å². The van der Waals surface area contributed by atoms with Crippen LogP contribution in [0.15, 0.2) is 60.7 Å². The van der Waals surface area contributed by atoms with E-state index < -0.39 is 0 Å². The molecule has 3 aromatic carbocycles. The number of carbonyl (C=O) groups is 1. The van der Waals surface area contributed by atoms with E-state index in [0.29, 0.717) is 27.6 Å². The van der Waals surface area contributed by atoms with Crippen molar-refractivity contribution in [1.82, 2.24) is 0 Å². The van der Waals surface area contributed by atoms with Crippen molar-refractivity contribution in [3.8, 4) is 0 Å². The highest BCUT2D eigenvalue weighted by Gasteiger charge is 2.14. The molecule has 0 unspecified atom stereocenters. The van der Waals surface area contributed by atoms with Gasteiger partial charge >= 0.3 is 0 Å². The van der Waals surface area contributed by atoms with Crippen molar-refractivity contribution in [1.29, 1.82) is 0 Å². The fraction of sp³-hybridized carbons (Fsp3) is 0. The Kier molecular flexibility index (Phi) is 2.95. The normalized spacial score (nSPS) is 10.7. The molecule has 0 atom stereocenters. The lowest BCUT2D eigenvalue weighted by molar-refractivity contribution is 0.104. The second kappa shape index (κ2) is 4.78. The van der Waals surface area contributed by atoms with Gasteiger partial charge in [0.2, 0.25) is 0 Å². The number of nitrogen functional groups attached to an aromatic ring is 1. The van der Waals surface area contributed by atoms with Crippen LogP contribution in [0.4, 0.5) is 10.1 Å². The fourth-order valence-electron chi connectivity index (χ4n) is 2.25. The summed E-state index contributed by atoms with van der Waals surface area (Å²) in [4.78, 5) is 12.5. The highest BCUT2D eigenvalue weighted by Crippen LogP contribution is 2.24. The molecular weight excluding hydrogens is 253 g/mol. The maximum absolute atomic E-state index is 13.8. The van der Waals surface area contributed by atoms with Crippen LogP contribution in [0.5, 0.6) is 0 Å². The van der Waals surface area contributed by atoms with E-state index in [1.807, 2.05) is 0 Å². The summed E-state index contributed by atoms with van der Waals surface area (Å²) in [6, 6.07) is 16.5. The Bertz CT molecular complexity index is 794. The Morgan fingerprint density at radius 1 is 0.850 bits per heavy atom. The lowest BCUT2D eigenvalue weighted by Gasteiger charge is -2.07. The number of carbonyl (C=O) groups excluding carboxylic acids is 1. The van der Waals surface area contributed by atoms with E-state index in [-0.39, 0.29) is 11.6 Å². The van der Waals surface area contributed by atoms with Gasteiger partial charge < -0.3 is 5.73 Å². The van der Waals surface area contributed by atoms with E-state index in [1.165, 1.54) is 12.1 Å². The third-order valence-corrected chi connectivity index (χ3v) is 3.29. The Labute approximate surface area is 115 Å². The molecule has 20 heavy (non-hydrogen) atoms. The number of hydrogen-bond acceptors (Lipinski definition) is 2. The van der Waals surface area contributed by atoms with Gasteiger partial charge in [0.15, 0.2) is 5.78 Å². The van der Waals surface area contributed by atoms with Crippen LogP contribution in [0.1, 0.15) is 15.9 Å². The Morgan fingerprint density at radius 2 is 1.50 bits per heavy atom. The van der Waals surface area contributed by atoms with Crippen LogP contribution in [-0.2, 0) is 0 Å². The molecule has 0 aliphatic heterocycles. The summed E-state index contributed by atoms with van der Waals surface area (Å²) in [5, 5.41) is 1.07. The van der Waals surface area contributed by atoms with Gasteiger partial charge in [0.05, 0.1) is 0 Å². The van der Waals surface area contributed by atoms with Crippen molar-refractivity contribution in [2.24, 2.45) is 0 Å². The molecule has 2 nitrogen and oxygen atoms in total. The highest BCUT2D eigenvalue weighted by atomic mass is 19.1.